The molecule has 1 heterocycles. The van der Waals surface area contributed by atoms with E-state index in [0.29, 0.717) is 12.1 Å². The SMILES string of the molecule is CC1CN(C(C)c2ccccc2OC(F)F)C(C)CN1. The molecule has 0 radical (unpaired) electrons. The molecule has 0 amide bonds. The van der Waals surface area contributed by atoms with Crippen molar-refractivity contribution < 1.29 is 13.5 Å². The van der Waals surface area contributed by atoms with Crippen LogP contribution < -0.4 is 10.1 Å². The Hall–Kier alpha value is -1.20. The molecular weight excluding hydrogens is 262 g/mol. The van der Waals surface area contributed by atoms with Gasteiger partial charge in [-0.15, -0.1) is 0 Å². The quantitative estimate of drug-likeness (QED) is 0.920. The molecule has 1 aromatic rings. The summed E-state index contributed by atoms with van der Waals surface area (Å²) in [5, 5.41) is 3.42. The summed E-state index contributed by atoms with van der Waals surface area (Å²) in [6.07, 6.45) is 0. The van der Waals surface area contributed by atoms with Gasteiger partial charge in [0.1, 0.15) is 5.75 Å². The first-order valence-corrected chi connectivity index (χ1v) is 7.02. The van der Waals surface area contributed by atoms with Gasteiger partial charge in [0.05, 0.1) is 0 Å². The van der Waals surface area contributed by atoms with E-state index in [2.05, 4.69) is 28.8 Å². The van der Waals surface area contributed by atoms with Gasteiger partial charge in [0.2, 0.25) is 0 Å². The van der Waals surface area contributed by atoms with Crippen molar-refractivity contribution in [2.75, 3.05) is 13.1 Å². The third kappa shape index (κ3) is 3.46. The van der Waals surface area contributed by atoms with Crippen molar-refractivity contribution in [1.29, 1.82) is 0 Å². The van der Waals surface area contributed by atoms with Gasteiger partial charge in [-0.2, -0.15) is 8.78 Å². The van der Waals surface area contributed by atoms with Crippen LogP contribution in [-0.4, -0.2) is 36.7 Å². The predicted octanol–water partition coefficient (Wildman–Crippen LogP) is 3.03. The van der Waals surface area contributed by atoms with Gasteiger partial charge in [-0.25, -0.2) is 0 Å². The molecule has 3 unspecified atom stereocenters. The van der Waals surface area contributed by atoms with E-state index >= 15 is 0 Å². The zero-order chi connectivity index (χ0) is 14.7. The van der Waals surface area contributed by atoms with Crippen LogP contribution in [0.2, 0.25) is 0 Å². The molecule has 0 aliphatic carbocycles. The number of alkyl halides is 2. The maximum Gasteiger partial charge on any atom is 0.387 e. The summed E-state index contributed by atoms with van der Waals surface area (Å²) in [7, 11) is 0. The van der Waals surface area contributed by atoms with E-state index in [0.717, 1.165) is 18.7 Å². The monoisotopic (exact) mass is 284 g/mol. The van der Waals surface area contributed by atoms with Crippen molar-refractivity contribution in [2.45, 2.75) is 45.5 Å². The number of nitrogens with one attached hydrogen (secondary N) is 1. The maximum atomic E-state index is 12.5. The van der Waals surface area contributed by atoms with E-state index in [-0.39, 0.29) is 11.8 Å². The lowest BCUT2D eigenvalue weighted by Crippen LogP contribution is -2.54. The van der Waals surface area contributed by atoms with E-state index < -0.39 is 6.61 Å². The van der Waals surface area contributed by atoms with E-state index in [1.807, 2.05) is 19.1 Å². The minimum atomic E-state index is -2.79. The predicted molar refractivity (Wildman–Crippen MR) is 75.1 cm³/mol. The van der Waals surface area contributed by atoms with Crippen LogP contribution in [0, 0.1) is 0 Å². The van der Waals surface area contributed by atoms with E-state index in [9.17, 15) is 8.78 Å². The standard InChI is InChI=1S/C15H22F2N2O/c1-10-9-19(11(2)8-18-10)12(3)13-6-4-5-7-14(13)20-15(16)17/h4-7,10-12,15,18H,8-9H2,1-3H3. The highest BCUT2D eigenvalue weighted by molar-refractivity contribution is 5.35. The number of rotatable bonds is 4. The molecular formula is C15H22F2N2O. The first kappa shape index (κ1) is 15.2. The molecule has 1 N–H and O–H groups in total. The van der Waals surface area contributed by atoms with E-state index in [4.69, 9.17) is 0 Å². The molecule has 3 nitrogen and oxygen atoms in total. The molecule has 1 aliphatic heterocycles. The third-order valence-electron chi connectivity index (χ3n) is 3.90. The van der Waals surface area contributed by atoms with Crippen LogP contribution in [0.15, 0.2) is 24.3 Å². The fraction of sp³-hybridized carbons (Fsp3) is 0.600. The normalized spacial score (nSPS) is 25.7. The Morgan fingerprint density at radius 3 is 2.70 bits per heavy atom. The zero-order valence-corrected chi connectivity index (χ0v) is 12.1. The van der Waals surface area contributed by atoms with Crippen LogP contribution in [0.1, 0.15) is 32.4 Å². The minimum absolute atomic E-state index is 0.0458. The highest BCUT2D eigenvalue weighted by atomic mass is 19.3. The van der Waals surface area contributed by atoms with Gasteiger partial charge in [0, 0.05) is 36.8 Å². The number of halogens is 2. The van der Waals surface area contributed by atoms with Gasteiger partial charge in [-0.3, -0.25) is 4.90 Å². The van der Waals surface area contributed by atoms with Crippen LogP contribution in [0.5, 0.6) is 5.75 Å². The number of piperazine rings is 1. The highest BCUT2D eigenvalue weighted by Crippen LogP contribution is 2.32. The van der Waals surface area contributed by atoms with Crippen LogP contribution in [0.25, 0.3) is 0 Å². The molecule has 1 fully saturated rings. The average molecular weight is 284 g/mol. The molecule has 2 rings (SSSR count). The molecule has 1 aliphatic rings. The summed E-state index contributed by atoms with van der Waals surface area (Å²) in [5.41, 5.74) is 0.814. The molecule has 0 spiro atoms. The van der Waals surface area contributed by atoms with Gasteiger partial charge >= 0.3 is 6.61 Å². The van der Waals surface area contributed by atoms with E-state index in [1.54, 1.807) is 12.1 Å². The second-order valence-corrected chi connectivity index (χ2v) is 5.45. The molecule has 5 heteroatoms. The molecule has 3 atom stereocenters. The Morgan fingerprint density at radius 1 is 1.30 bits per heavy atom. The Balaban J connectivity index is 2.21. The van der Waals surface area contributed by atoms with E-state index in [1.165, 1.54) is 0 Å². The third-order valence-corrected chi connectivity index (χ3v) is 3.90. The number of para-hydroxylation sites is 1. The Morgan fingerprint density at radius 2 is 2.00 bits per heavy atom. The molecule has 0 bridgehead atoms. The molecule has 0 saturated carbocycles. The van der Waals surface area contributed by atoms with Crippen LogP contribution in [-0.2, 0) is 0 Å². The second kappa shape index (κ2) is 6.50. The summed E-state index contributed by atoms with van der Waals surface area (Å²) < 4.78 is 29.6. The summed E-state index contributed by atoms with van der Waals surface area (Å²) in [6.45, 7) is 5.33. The summed E-state index contributed by atoms with van der Waals surface area (Å²) in [4.78, 5) is 2.33. The van der Waals surface area contributed by atoms with Gasteiger partial charge in [-0.05, 0) is 26.8 Å². The lowest BCUT2D eigenvalue weighted by Gasteiger charge is -2.41. The first-order valence-electron chi connectivity index (χ1n) is 7.02. The van der Waals surface area contributed by atoms with Gasteiger partial charge in [0.15, 0.2) is 0 Å². The lowest BCUT2D eigenvalue weighted by molar-refractivity contribution is -0.0514. The number of hydrogen-bond acceptors (Lipinski definition) is 3. The van der Waals surface area contributed by atoms with Crippen molar-refractivity contribution in [3.63, 3.8) is 0 Å². The van der Waals surface area contributed by atoms with Crippen molar-refractivity contribution in [3.05, 3.63) is 29.8 Å². The molecule has 0 aromatic heterocycles. The fourth-order valence-corrected chi connectivity index (χ4v) is 2.80. The van der Waals surface area contributed by atoms with Gasteiger partial charge < -0.3 is 10.1 Å². The van der Waals surface area contributed by atoms with Crippen LogP contribution in [0.4, 0.5) is 8.78 Å². The Bertz CT molecular complexity index is 442. The molecule has 20 heavy (non-hydrogen) atoms. The summed E-state index contributed by atoms with van der Waals surface area (Å²) in [5.74, 6) is 0.272. The van der Waals surface area contributed by atoms with Crippen molar-refractivity contribution in [3.8, 4) is 5.75 Å². The second-order valence-electron chi connectivity index (χ2n) is 5.45. The molecule has 1 aromatic carbocycles. The number of hydrogen-bond donors (Lipinski definition) is 1. The summed E-state index contributed by atoms with van der Waals surface area (Å²) in [6, 6.07) is 7.86. The Kier molecular flexibility index (Phi) is 4.94. The highest BCUT2D eigenvalue weighted by Gasteiger charge is 2.28. The lowest BCUT2D eigenvalue weighted by atomic mass is 10.0. The van der Waals surface area contributed by atoms with Crippen molar-refractivity contribution >= 4 is 0 Å². The topological polar surface area (TPSA) is 24.5 Å². The van der Waals surface area contributed by atoms with Crippen LogP contribution in [0.3, 0.4) is 0 Å². The number of ether oxygens (including phenoxy) is 1. The first-order chi connectivity index (χ1) is 9.49. The van der Waals surface area contributed by atoms with Crippen molar-refractivity contribution in [1.82, 2.24) is 10.2 Å². The van der Waals surface area contributed by atoms with Gasteiger partial charge in [-0.1, -0.05) is 18.2 Å². The fourth-order valence-electron chi connectivity index (χ4n) is 2.80. The maximum absolute atomic E-state index is 12.5. The number of benzene rings is 1. The molecule has 112 valence electrons. The summed E-state index contributed by atoms with van der Waals surface area (Å²) >= 11 is 0. The number of nitrogens with zero attached hydrogens (tertiary/aromatic N) is 1. The van der Waals surface area contributed by atoms with Crippen molar-refractivity contribution in [2.24, 2.45) is 0 Å². The van der Waals surface area contributed by atoms with Crippen LogP contribution >= 0.6 is 0 Å². The smallest absolute Gasteiger partial charge is 0.387 e. The minimum Gasteiger partial charge on any atom is -0.434 e. The van der Waals surface area contributed by atoms with Gasteiger partial charge in [0.25, 0.3) is 0 Å². The average Bonchev–Trinajstić information content (AvgIpc) is 2.41. The Labute approximate surface area is 118 Å². The largest absolute Gasteiger partial charge is 0.434 e. The zero-order valence-electron chi connectivity index (χ0n) is 12.1. The molecule has 1 saturated heterocycles.